The van der Waals surface area contributed by atoms with E-state index in [4.69, 9.17) is 0 Å². The first-order valence-electron chi connectivity index (χ1n) is 8.59. The van der Waals surface area contributed by atoms with E-state index < -0.39 is 0 Å². The first-order valence-corrected chi connectivity index (χ1v) is 8.59. The second-order valence-corrected chi connectivity index (χ2v) is 6.72. The van der Waals surface area contributed by atoms with E-state index in [1.165, 1.54) is 61.6 Å². The summed E-state index contributed by atoms with van der Waals surface area (Å²) >= 11 is 0. The Hall–Kier alpha value is -1.30. The van der Waals surface area contributed by atoms with Gasteiger partial charge in [-0.15, -0.1) is 0 Å². The Morgan fingerprint density at radius 3 is 2.19 bits per heavy atom. The van der Waals surface area contributed by atoms with Crippen LogP contribution in [0.5, 0.6) is 0 Å². The molecule has 0 amide bonds. The third-order valence-electron chi connectivity index (χ3n) is 4.89. The molecule has 1 aliphatic carbocycles. The molecule has 0 nitrogen and oxygen atoms in total. The van der Waals surface area contributed by atoms with Crippen LogP contribution in [0.25, 0.3) is 0 Å². The molecule has 0 aromatic heterocycles. The molecule has 0 N–H and O–H groups in total. The Morgan fingerprint density at radius 2 is 1.62 bits per heavy atom. The molecule has 0 spiro atoms. The lowest BCUT2D eigenvalue weighted by atomic mass is 9.77. The average Bonchev–Trinajstić information content (AvgIpc) is 2.51. The van der Waals surface area contributed by atoms with E-state index in [1.54, 1.807) is 0 Å². The topological polar surface area (TPSA) is 0 Å². The molecule has 0 saturated heterocycles. The van der Waals surface area contributed by atoms with Crippen molar-refractivity contribution in [2.45, 2.75) is 58.3 Å². The minimum absolute atomic E-state index is 0.846. The maximum Gasteiger partial charge on any atom is -0.0250 e. The molecule has 0 unspecified atom stereocenters. The molecule has 1 aromatic rings. The summed E-state index contributed by atoms with van der Waals surface area (Å²) in [6, 6.07) is 9.32. The lowest BCUT2D eigenvalue weighted by Gasteiger charge is -2.28. The van der Waals surface area contributed by atoms with Gasteiger partial charge in [-0.05, 0) is 67.9 Å². The van der Waals surface area contributed by atoms with Crippen LogP contribution in [0.4, 0.5) is 0 Å². The summed E-state index contributed by atoms with van der Waals surface area (Å²) in [6.45, 7) is 10.1. The SMILES string of the molecule is C=CC(=C)CC1CCC(Cc2ccc(CCC)cc2)CC1. The van der Waals surface area contributed by atoms with Gasteiger partial charge < -0.3 is 0 Å². The monoisotopic (exact) mass is 282 g/mol. The van der Waals surface area contributed by atoms with E-state index in [1.807, 2.05) is 6.08 Å². The van der Waals surface area contributed by atoms with Crippen LogP contribution in [-0.4, -0.2) is 0 Å². The number of rotatable bonds is 7. The molecule has 114 valence electrons. The van der Waals surface area contributed by atoms with Crippen molar-refractivity contribution >= 4 is 0 Å². The predicted octanol–water partition coefficient (Wildman–Crippen LogP) is 6.12. The smallest absolute Gasteiger partial charge is 0.0250 e. The standard InChI is InChI=1S/C21H30/c1-4-6-18-7-9-20(10-8-18)16-21-13-11-19(12-14-21)15-17(3)5-2/h5,7-10,19,21H,2-4,6,11-16H2,1H3. The molecule has 21 heavy (non-hydrogen) atoms. The lowest BCUT2D eigenvalue weighted by molar-refractivity contribution is 0.273. The van der Waals surface area contributed by atoms with Gasteiger partial charge in [0.05, 0.1) is 0 Å². The number of hydrogen-bond acceptors (Lipinski definition) is 0. The fourth-order valence-corrected chi connectivity index (χ4v) is 3.56. The number of hydrogen-bond donors (Lipinski definition) is 0. The Kier molecular flexibility index (Phi) is 6.29. The summed E-state index contributed by atoms with van der Waals surface area (Å²) in [7, 11) is 0. The number of allylic oxidation sites excluding steroid dienone is 2. The van der Waals surface area contributed by atoms with Crippen LogP contribution in [0.1, 0.15) is 56.6 Å². The van der Waals surface area contributed by atoms with Crippen molar-refractivity contribution in [1.29, 1.82) is 0 Å². The van der Waals surface area contributed by atoms with Crippen molar-refractivity contribution in [3.05, 3.63) is 60.2 Å². The molecule has 0 bridgehead atoms. The average molecular weight is 282 g/mol. The van der Waals surface area contributed by atoms with Gasteiger partial charge in [-0.2, -0.15) is 0 Å². The van der Waals surface area contributed by atoms with Gasteiger partial charge in [0.1, 0.15) is 0 Å². The molecule has 0 radical (unpaired) electrons. The van der Waals surface area contributed by atoms with E-state index >= 15 is 0 Å². The van der Waals surface area contributed by atoms with Crippen molar-refractivity contribution in [2.24, 2.45) is 11.8 Å². The van der Waals surface area contributed by atoms with Crippen molar-refractivity contribution in [3.63, 3.8) is 0 Å². The van der Waals surface area contributed by atoms with Gasteiger partial charge >= 0.3 is 0 Å². The van der Waals surface area contributed by atoms with Crippen LogP contribution in [0.3, 0.4) is 0 Å². The number of benzene rings is 1. The van der Waals surface area contributed by atoms with E-state index in [0.29, 0.717) is 0 Å². The Labute approximate surface area is 131 Å². The highest BCUT2D eigenvalue weighted by atomic mass is 14.3. The molecule has 1 aliphatic rings. The van der Waals surface area contributed by atoms with E-state index in [2.05, 4.69) is 44.3 Å². The van der Waals surface area contributed by atoms with Crippen LogP contribution in [-0.2, 0) is 12.8 Å². The molecular weight excluding hydrogens is 252 g/mol. The summed E-state index contributed by atoms with van der Waals surface area (Å²) in [4.78, 5) is 0. The van der Waals surface area contributed by atoms with E-state index in [9.17, 15) is 0 Å². The Morgan fingerprint density at radius 1 is 1.05 bits per heavy atom. The second kappa shape index (κ2) is 8.22. The molecule has 1 aromatic carbocycles. The zero-order chi connectivity index (χ0) is 15.1. The fourth-order valence-electron chi connectivity index (χ4n) is 3.56. The van der Waals surface area contributed by atoms with Gasteiger partial charge in [-0.25, -0.2) is 0 Å². The van der Waals surface area contributed by atoms with Crippen molar-refractivity contribution in [1.82, 2.24) is 0 Å². The van der Waals surface area contributed by atoms with Gasteiger partial charge in [0.15, 0.2) is 0 Å². The predicted molar refractivity (Wildman–Crippen MR) is 93.5 cm³/mol. The van der Waals surface area contributed by atoms with Gasteiger partial charge in [-0.3, -0.25) is 0 Å². The second-order valence-electron chi connectivity index (χ2n) is 6.72. The zero-order valence-corrected chi connectivity index (χ0v) is 13.6. The first-order chi connectivity index (χ1) is 10.2. The minimum atomic E-state index is 0.846. The molecular formula is C21H30. The van der Waals surface area contributed by atoms with Crippen molar-refractivity contribution in [3.8, 4) is 0 Å². The van der Waals surface area contributed by atoms with Crippen LogP contribution in [0.15, 0.2) is 49.1 Å². The molecule has 0 heterocycles. The Balaban J connectivity index is 1.77. The van der Waals surface area contributed by atoms with Crippen LogP contribution in [0.2, 0.25) is 0 Å². The summed E-state index contributed by atoms with van der Waals surface area (Å²) in [5.41, 5.74) is 4.21. The number of aryl methyl sites for hydroxylation is 1. The molecule has 0 atom stereocenters. The van der Waals surface area contributed by atoms with Gasteiger partial charge in [0.2, 0.25) is 0 Å². The van der Waals surface area contributed by atoms with Crippen LogP contribution >= 0.6 is 0 Å². The highest BCUT2D eigenvalue weighted by molar-refractivity contribution is 5.23. The minimum Gasteiger partial charge on any atom is -0.0988 e. The fraction of sp³-hybridized carbons (Fsp3) is 0.524. The maximum atomic E-state index is 4.06. The maximum absolute atomic E-state index is 4.06. The van der Waals surface area contributed by atoms with Crippen molar-refractivity contribution in [2.75, 3.05) is 0 Å². The van der Waals surface area contributed by atoms with Gasteiger partial charge in [-0.1, -0.05) is 62.4 Å². The van der Waals surface area contributed by atoms with Gasteiger partial charge in [0, 0.05) is 0 Å². The third-order valence-corrected chi connectivity index (χ3v) is 4.89. The lowest BCUT2D eigenvalue weighted by Crippen LogP contribution is -2.16. The summed E-state index contributed by atoms with van der Waals surface area (Å²) < 4.78 is 0. The van der Waals surface area contributed by atoms with Crippen LogP contribution in [0, 0.1) is 11.8 Å². The molecule has 0 heteroatoms. The third kappa shape index (κ3) is 5.19. The highest BCUT2D eigenvalue weighted by Crippen LogP contribution is 2.34. The molecule has 0 aliphatic heterocycles. The van der Waals surface area contributed by atoms with Crippen molar-refractivity contribution < 1.29 is 0 Å². The molecule has 2 rings (SSSR count). The Bertz CT molecular complexity index is 443. The molecule has 1 fully saturated rings. The van der Waals surface area contributed by atoms with Gasteiger partial charge in [0.25, 0.3) is 0 Å². The summed E-state index contributed by atoms with van der Waals surface area (Å²) in [5.74, 6) is 1.73. The largest absolute Gasteiger partial charge is 0.0988 e. The first kappa shape index (κ1) is 16.1. The quantitative estimate of drug-likeness (QED) is 0.528. The van der Waals surface area contributed by atoms with Crippen LogP contribution < -0.4 is 0 Å². The zero-order valence-electron chi connectivity index (χ0n) is 13.6. The normalized spacial score (nSPS) is 22.0. The summed E-state index contributed by atoms with van der Waals surface area (Å²) in [6.07, 6.45) is 12.3. The summed E-state index contributed by atoms with van der Waals surface area (Å²) in [5, 5.41) is 0. The highest BCUT2D eigenvalue weighted by Gasteiger charge is 2.21. The van der Waals surface area contributed by atoms with E-state index in [0.717, 1.165) is 18.3 Å². The van der Waals surface area contributed by atoms with E-state index in [-0.39, 0.29) is 0 Å². The molecule has 1 saturated carbocycles.